The second-order valence-corrected chi connectivity index (χ2v) is 20.1. The summed E-state index contributed by atoms with van der Waals surface area (Å²) in [4.78, 5) is 32.7. The van der Waals surface area contributed by atoms with Crippen LogP contribution >= 0.6 is 33.0 Å². The van der Waals surface area contributed by atoms with Crippen LogP contribution in [0.3, 0.4) is 0 Å². The molecule has 0 aliphatic carbocycles. The molecule has 0 aromatic heterocycles. The second-order valence-electron chi connectivity index (χ2n) is 11.7. The maximum Gasteiger partial charge on any atom is 0.500 e. The lowest BCUT2D eigenvalue weighted by Gasteiger charge is -2.28. The van der Waals surface area contributed by atoms with Crippen LogP contribution in [0.4, 0.5) is 0 Å². The summed E-state index contributed by atoms with van der Waals surface area (Å²) >= 11 is 5.11. The third-order valence-corrected chi connectivity index (χ3v) is 13.9. The van der Waals surface area contributed by atoms with Crippen molar-refractivity contribution in [1.82, 2.24) is 5.32 Å². The summed E-state index contributed by atoms with van der Waals surface area (Å²) in [7, 11) is 2.38. The van der Waals surface area contributed by atoms with Crippen molar-refractivity contribution in [2.24, 2.45) is 0 Å². The van der Waals surface area contributed by atoms with Gasteiger partial charge in [-0.05, 0) is 102 Å². The van der Waals surface area contributed by atoms with Crippen LogP contribution in [0.5, 0.6) is 17.2 Å². The Morgan fingerprint density at radius 2 is 0.885 bits per heavy atom. The lowest BCUT2D eigenvalue weighted by atomic mass is 10.2. The Kier molecular flexibility index (Phi) is 35.8. The van der Waals surface area contributed by atoms with Crippen molar-refractivity contribution in [3.63, 3.8) is 0 Å². The number of halogens is 3. The SMILES string of the molecule is CCCC[Si](OCC)(OCC)OCC.CCO[Si](CCCNC(=O)c1ccccc1O)(OCC)OCC.O=C(Cl)c1ccccc1O.O=C(O)c1ccccc1O.O=S(Cl)Cl. The zero-order valence-electron chi connectivity index (χ0n) is 35.8. The summed E-state index contributed by atoms with van der Waals surface area (Å²) in [5, 5.41) is 38.1. The van der Waals surface area contributed by atoms with E-state index < -0.39 is 38.0 Å². The highest BCUT2D eigenvalue weighted by Crippen LogP contribution is 2.21. The number of amides is 1. The number of phenolic OH excluding ortho intramolecular Hbond substituents is 2. The van der Waals surface area contributed by atoms with Crippen molar-refractivity contribution in [2.75, 3.05) is 46.2 Å². The molecule has 21 heteroatoms. The van der Waals surface area contributed by atoms with Crippen molar-refractivity contribution >= 4 is 76.9 Å². The van der Waals surface area contributed by atoms with Crippen LogP contribution in [-0.2, 0) is 35.8 Å². The fraction of sp³-hybridized carbons (Fsp3) is 0.475. The number of rotatable bonds is 22. The molecule has 0 saturated carbocycles. The van der Waals surface area contributed by atoms with E-state index in [-0.39, 0.29) is 39.8 Å². The van der Waals surface area contributed by atoms with Gasteiger partial charge in [0.2, 0.25) is 9.23 Å². The normalized spacial score (nSPS) is 10.7. The lowest BCUT2D eigenvalue weighted by molar-refractivity contribution is 0.0687. The third kappa shape index (κ3) is 27.5. The number of nitrogens with one attached hydrogen (secondary N) is 1. The van der Waals surface area contributed by atoms with E-state index in [1.54, 1.807) is 42.5 Å². The maximum atomic E-state index is 12.0. The molecule has 3 aromatic rings. The molecule has 3 aromatic carbocycles. The van der Waals surface area contributed by atoms with Crippen LogP contribution in [0.2, 0.25) is 12.1 Å². The van der Waals surface area contributed by atoms with Gasteiger partial charge in [0, 0.05) is 79.6 Å². The van der Waals surface area contributed by atoms with Crippen molar-refractivity contribution in [3.05, 3.63) is 89.5 Å². The molecule has 0 saturated heterocycles. The minimum Gasteiger partial charge on any atom is -0.507 e. The van der Waals surface area contributed by atoms with Crippen molar-refractivity contribution in [2.45, 2.75) is 79.8 Å². The molecule has 5 N–H and O–H groups in total. The van der Waals surface area contributed by atoms with Gasteiger partial charge in [0.15, 0.2) is 0 Å². The molecular formula is C40H62Cl3NO14SSi2. The van der Waals surface area contributed by atoms with Gasteiger partial charge in [0.1, 0.15) is 22.8 Å². The Balaban J connectivity index is 0. The molecule has 0 heterocycles. The van der Waals surface area contributed by atoms with Gasteiger partial charge in [-0.15, -0.1) is 0 Å². The van der Waals surface area contributed by atoms with E-state index in [1.807, 2.05) is 41.5 Å². The zero-order chi connectivity index (χ0) is 46.7. The van der Waals surface area contributed by atoms with Gasteiger partial charge in [-0.3, -0.25) is 9.59 Å². The van der Waals surface area contributed by atoms with Crippen LogP contribution in [0.25, 0.3) is 0 Å². The molecule has 15 nitrogen and oxygen atoms in total. The molecule has 0 unspecified atom stereocenters. The van der Waals surface area contributed by atoms with Crippen LogP contribution in [-0.4, -0.2) is 106 Å². The number of carbonyl (C=O) groups excluding carboxylic acids is 2. The highest BCUT2D eigenvalue weighted by molar-refractivity contribution is 8.26. The second kappa shape index (κ2) is 36.4. The van der Waals surface area contributed by atoms with Gasteiger partial charge in [0.05, 0.1) is 11.1 Å². The Morgan fingerprint density at radius 3 is 1.15 bits per heavy atom. The van der Waals surface area contributed by atoms with Crippen LogP contribution in [0.1, 0.15) is 98.8 Å². The van der Waals surface area contributed by atoms with E-state index >= 15 is 0 Å². The number of para-hydroxylation sites is 3. The lowest BCUT2D eigenvalue weighted by Crippen LogP contribution is -2.46. The maximum absolute atomic E-state index is 12.0. The Morgan fingerprint density at radius 1 is 0.574 bits per heavy atom. The molecule has 0 bridgehead atoms. The number of unbranched alkanes of at least 4 members (excludes halogenated alkanes) is 1. The van der Waals surface area contributed by atoms with Gasteiger partial charge in [-0.25, -0.2) is 9.00 Å². The van der Waals surface area contributed by atoms with Gasteiger partial charge in [0.25, 0.3) is 11.1 Å². The van der Waals surface area contributed by atoms with E-state index in [1.165, 1.54) is 30.3 Å². The first-order chi connectivity index (χ1) is 29.0. The van der Waals surface area contributed by atoms with Gasteiger partial charge >= 0.3 is 23.6 Å². The highest BCUT2D eigenvalue weighted by atomic mass is 36.0. The average Bonchev–Trinajstić information content (AvgIpc) is 3.20. The standard InChI is InChI=1S/C16H27NO5Si.C10H24O3Si.C7H5ClO2.C7H6O3.Cl2OS/c1-4-20-23(21-5-2,22-6-3)13-9-12-17-16(19)14-10-7-8-11-15(14)18;1-5-9-10-14(11-6-2,12-7-3)13-8-4;8-7(10)5-3-1-2-4-6(5)9;8-6-4-2-1-3-5(6)7(9)10;1-4(2)3/h7-8,10-11,18H,4-6,9,12-13H2,1-3H3,(H,17,19);5-10H2,1-4H3;1-4,9H;1-4,8H,(H,9,10);. The van der Waals surface area contributed by atoms with Gasteiger partial charge < -0.3 is 52.3 Å². The first-order valence-electron chi connectivity index (χ1n) is 19.6. The largest absolute Gasteiger partial charge is 0.507 e. The number of phenols is 3. The van der Waals surface area contributed by atoms with E-state index in [0.717, 1.165) is 18.9 Å². The number of hydrogen-bond acceptors (Lipinski definition) is 13. The van der Waals surface area contributed by atoms with E-state index in [4.69, 9.17) is 57.7 Å². The average molecular weight is 976 g/mol. The van der Waals surface area contributed by atoms with E-state index in [0.29, 0.717) is 58.7 Å². The van der Waals surface area contributed by atoms with Gasteiger partial charge in [-0.1, -0.05) is 49.7 Å². The topological polar surface area (TPSA) is 217 Å². The monoisotopic (exact) mass is 973 g/mol. The summed E-state index contributed by atoms with van der Waals surface area (Å²) in [5.74, 6) is -1.71. The minimum atomic E-state index is -2.66. The summed E-state index contributed by atoms with van der Waals surface area (Å²) < 4.78 is 43.5. The molecule has 0 aliphatic rings. The summed E-state index contributed by atoms with van der Waals surface area (Å²) in [6, 6.07) is 20.0. The Hall–Kier alpha value is -3.12. The molecular weight excluding hydrogens is 913 g/mol. The van der Waals surface area contributed by atoms with E-state index in [2.05, 4.69) is 33.6 Å². The summed E-state index contributed by atoms with van der Waals surface area (Å²) in [6.45, 7) is 18.0. The van der Waals surface area contributed by atoms with Crippen molar-refractivity contribution < 1.29 is 65.6 Å². The number of carboxylic acid groups (broad SMARTS) is 1. The minimum absolute atomic E-state index is 0.0216. The number of aromatic hydroxyl groups is 3. The number of aromatic carboxylic acids is 1. The molecule has 1 amide bonds. The summed E-state index contributed by atoms with van der Waals surface area (Å²) in [6.07, 6.45) is 2.96. The molecule has 61 heavy (non-hydrogen) atoms. The molecule has 0 fully saturated rings. The van der Waals surface area contributed by atoms with Crippen molar-refractivity contribution in [1.29, 1.82) is 0 Å². The van der Waals surface area contributed by atoms with E-state index in [9.17, 15) is 19.5 Å². The van der Waals surface area contributed by atoms with Crippen LogP contribution in [0.15, 0.2) is 72.8 Å². The number of benzene rings is 3. The van der Waals surface area contributed by atoms with Crippen LogP contribution in [0, 0.1) is 0 Å². The highest BCUT2D eigenvalue weighted by Gasteiger charge is 2.40. The quantitative estimate of drug-likeness (QED) is 0.0360. The summed E-state index contributed by atoms with van der Waals surface area (Å²) in [5.41, 5.74) is 0.349. The molecule has 0 atom stereocenters. The van der Waals surface area contributed by atoms with Crippen LogP contribution < -0.4 is 5.32 Å². The smallest absolute Gasteiger partial charge is 0.500 e. The fourth-order valence-electron chi connectivity index (χ4n) is 4.96. The molecule has 3 rings (SSSR count). The Labute approximate surface area is 378 Å². The molecule has 346 valence electrons. The Bertz CT molecular complexity index is 1590. The molecule has 0 radical (unpaired) electrons. The predicted octanol–water partition coefficient (Wildman–Crippen LogP) is 9.30. The van der Waals surface area contributed by atoms with Crippen molar-refractivity contribution in [3.8, 4) is 17.2 Å². The fourth-order valence-corrected chi connectivity index (χ4v) is 10.5. The number of carbonyl (C=O) groups is 3. The number of carboxylic acids is 1. The predicted molar refractivity (Wildman–Crippen MR) is 244 cm³/mol. The third-order valence-electron chi connectivity index (χ3n) is 7.37. The first kappa shape index (κ1) is 60.0. The zero-order valence-corrected chi connectivity index (χ0v) is 40.9. The molecule has 0 aliphatic heterocycles. The molecule has 0 spiro atoms. The number of hydrogen-bond donors (Lipinski definition) is 5. The van der Waals surface area contributed by atoms with Gasteiger partial charge in [-0.2, -0.15) is 0 Å². The first-order valence-corrected chi connectivity index (χ1v) is 26.7.